The normalized spacial score (nSPS) is 29.8. The van der Waals surface area contributed by atoms with Crippen LogP contribution < -0.4 is 4.74 Å². The van der Waals surface area contributed by atoms with Crippen molar-refractivity contribution < 1.29 is 19.3 Å². The van der Waals surface area contributed by atoms with Gasteiger partial charge < -0.3 is 19.3 Å². The first kappa shape index (κ1) is 14.1. The van der Waals surface area contributed by atoms with E-state index in [1.807, 2.05) is 12.1 Å². The minimum Gasteiger partial charge on any atom is -0.489 e. The van der Waals surface area contributed by atoms with Crippen molar-refractivity contribution in [2.75, 3.05) is 19.8 Å². The smallest absolute Gasteiger partial charge is 0.138 e. The molecule has 1 spiro atoms. The van der Waals surface area contributed by atoms with Crippen molar-refractivity contribution in [3.8, 4) is 5.75 Å². The SMILES string of the molecule is OCc1ccc(OC2CCOC3(CCOC3)C2)c(Cl)c1. The van der Waals surface area contributed by atoms with Gasteiger partial charge in [0.15, 0.2) is 0 Å². The van der Waals surface area contributed by atoms with E-state index in [0.717, 1.165) is 31.4 Å². The third kappa shape index (κ3) is 2.93. The van der Waals surface area contributed by atoms with Crippen molar-refractivity contribution in [3.05, 3.63) is 28.8 Å². The van der Waals surface area contributed by atoms with Crippen molar-refractivity contribution >= 4 is 11.6 Å². The molecule has 2 aliphatic heterocycles. The van der Waals surface area contributed by atoms with Gasteiger partial charge in [0, 0.05) is 25.9 Å². The van der Waals surface area contributed by atoms with Crippen LogP contribution in [-0.2, 0) is 16.1 Å². The summed E-state index contributed by atoms with van der Waals surface area (Å²) in [6.45, 7) is 2.10. The molecular formula is C15H19ClO4. The Labute approximate surface area is 123 Å². The predicted molar refractivity (Wildman–Crippen MR) is 75.1 cm³/mol. The van der Waals surface area contributed by atoms with Crippen molar-refractivity contribution in [3.63, 3.8) is 0 Å². The Morgan fingerprint density at radius 1 is 1.40 bits per heavy atom. The average molecular weight is 299 g/mol. The predicted octanol–water partition coefficient (Wildman–Crippen LogP) is 2.55. The molecule has 0 amide bonds. The average Bonchev–Trinajstić information content (AvgIpc) is 2.89. The molecule has 0 aromatic heterocycles. The summed E-state index contributed by atoms with van der Waals surface area (Å²) in [5, 5.41) is 9.63. The van der Waals surface area contributed by atoms with E-state index >= 15 is 0 Å². The second-order valence-corrected chi connectivity index (χ2v) is 5.90. The van der Waals surface area contributed by atoms with Gasteiger partial charge in [-0.25, -0.2) is 0 Å². The lowest BCUT2D eigenvalue weighted by Gasteiger charge is -2.37. The zero-order valence-corrected chi connectivity index (χ0v) is 12.1. The van der Waals surface area contributed by atoms with Gasteiger partial charge in [-0.05, 0) is 17.7 Å². The molecule has 2 fully saturated rings. The van der Waals surface area contributed by atoms with Crippen LogP contribution in [0.3, 0.4) is 0 Å². The molecule has 20 heavy (non-hydrogen) atoms. The minimum absolute atomic E-state index is 0.0162. The maximum atomic E-state index is 9.08. The van der Waals surface area contributed by atoms with Gasteiger partial charge in [0.1, 0.15) is 11.9 Å². The van der Waals surface area contributed by atoms with Crippen LogP contribution in [0, 0.1) is 0 Å². The van der Waals surface area contributed by atoms with Gasteiger partial charge in [-0.3, -0.25) is 0 Å². The van der Waals surface area contributed by atoms with E-state index < -0.39 is 0 Å². The highest BCUT2D eigenvalue weighted by Crippen LogP contribution is 2.36. The zero-order chi connectivity index (χ0) is 14.0. The Hall–Kier alpha value is -0.810. The molecule has 1 aromatic rings. The lowest BCUT2D eigenvalue weighted by atomic mass is 9.91. The van der Waals surface area contributed by atoms with Crippen molar-refractivity contribution in [2.24, 2.45) is 0 Å². The first-order chi connectivity index (χ1) is 9.71. The highest BCUT2D eigenvalue weighted by Gasteiger charge is 2.41. The Bertz CT molecular complexity index is 471. The molecule has 2 heterocycles. The summed E-state index contributed by atoms with van der Waals surface area (Å²) in [7, 11) is 0. The summed E-state index contributed by atoms with van der Waals surface area (Å²) in [5.74, 6) is 0.671. The number of ether oxygens (including phenoxy) is 3. The highest BCUT2D eigenvalue weighted by molar-refractivity contribution is 6.32. The summed E-state index contributed by atoms with van der Waals surface area (Å²) in [6.07, 6.45) is 2.73. The van der Waals surface area contributed by atoms with E-state index in [0.29, 0.717) is 24.0 Å². The third-order valence-corrected chi connectivity index (χ3v) is 4.28. The van der Waals surface area contributed by atoms with E-state index in [9.17, 15) is 0 Å². The molecule has 2 atom stereocenters. The number of hydrogen-bond acceptors (Lipinski definition) is 4. The van der Waals surface area contributed by atoms with E-state index in [4.69, 9.17) is 30.9 Å². The van der Waals surface area contributed by atoms with E-state index in [1.165, 1.54) is 0 Å². The maximum Gasteiger partial charge on any atom is 0.138 e. The standard InChI is InChI=1S/C15H19ClO4/c16-13-7-11(9-17)1-2-14(13)20-12-3-5-19-15(8-12)4-6-18-10-15/h1-2,7,12,17H,3-6,8-10H2. The van der Waals surface area contributed by atoms with Gasteiger partial charge in [-0.15, -0.1) is 0 Å². The number of hydrogen-bond donors (Lipinski definition) is 1. The molecule has 0 saturated carbocycles. The van der Waals surface area contributed by atoms with E-state index in [-0.39, 0.29) is 18.3 Å². The van der Waals surface area contributed by atoms with Crippen molar-refractivity contribution in [2.45, 2.75) is 37.6 Å². The fraction of sp³-hybridized carbons (Fsp3) is 0.600. The summed E-state index contributed by atoms with van der Waals surface area (Å²) in [5.41, 5.74) is 0.621. The van der Waals surface area contributed by atoms with Crippen molar-refractivity contribution in [1.29, 1.82) is 0 Å². The molecule has 3 rings (SSSR count). The highest BCUT2D eigenvalue weighted by atomic mass is 35.5. The number of rotatable bonds is 3. The Morgan fingerprint density at radius 3 is 3.00 bits per heavy atom. The molecule has 0 radical (unpaired) electrons. The van der Waals surface area contributed by atoms with Crippen LogP contribution in [0.2, 0.25) is 5.02 Å². The van der Waals surface area contributed by atoms with Crippen LogP contribution in [-0.4, -0.2) is 36.6 Å². The van der Waals surface area contributed by atoms with Crippen LogP contribution in [0.15, 0.2) is 18.2 Å². The topological polar surface area (TPSA) is 47.9 Å². The number of benzene rings is 1. The Kier molecular flexibility index (Phi) is 4.17. The fourth-order valence-corrected chi connectivity index (χ4v) is 3.11. The molecule has 1 N–H and O–H groups in total. The van der Waals surface area contributed by atoms with Gasteiger partial charge >= 0.3 is 0 Å². The fourth-order valence-electron chi connectivity index (χ4n) is 2.86. The Morgan fingerprint density at radius 2 is 2.30 bits per heavy atom. The van der Waals surface area contributed by atoms with Gasteiger partial charge in [-0.2, -0.15) is 0 Å². The zero-order valence-electron chi connectivity index (χ0n) is 11.3. The summed E-state index contributed by atoms with van der Waals surface area (Å²) in [4.78, 5) is 0. The van der Waals surface area contributed by atoms with Crippen molar-refractivity contribution in [1.82, 2.24) is 0 Å². The molecular weight excluding hydrogens is 280 g/mol. The van der Waals surface area contributed by atoms with Crippen LogP contribution in [0.5, 0.6) is 5.75 Å². The molecule has 2 unspecified atom stereocenters. The molecule has 1 aromatic carbocycles. The van der Waals surface area contributed by atoms with Gasteiger partial charge in [0.05, 0.1) is 30.4 Å². The molecule has 2 aliphatic rings. The lowest BCUT2D eigenvalue weighted by molar-refractivity contribution is -0.112. The van der Waals surface area contributed by atoms with Crippen LogP contribution in [0.25, 0.3) is 0 Å². The largest absolute Gasteiger partial charge is 0.489 e. The molecule has 5 heteroatoms. The number of halogens is 1. The van der Waals surface area contributed by atoms with Crippen LogP contribution >= 0.6 is 11.6 Å². The quantitative estimate of drug-likeness (QED) is 0.931. The maximum absolute atomic E-state index is 9.08. The minimum atomic E-state index is -0.166. The summed E-state index contributed by atoms with van der Waals surface area (Å²) >= 11 is 6.19. The first-order valence-electron chi connectivity index (χ1n) is 6.98. The number of aliphatic hydroxyl groups is 1. The second kappa shape index (κ2) is 5.90. The molecule has 110 valence electrons. The van der Waals surface area contributed by atoms with Crippen LogP contribution in [0.1, 0.15) is 24.8 Å². The first-order valence-corrected chi connectivity index (χ1v) is 7.36. The molecule has 0 bridgehead atoms. The molecule has 0 aliphatic carbocycles. The molecule has 2 saturated heterocycles. The monoisotopic (exact) mass is 298 g/mol. The van der Waals surface area contributed by atoms with E-state index in [1.54, 1.807) is 6.07 Å². The van der Waals surface area contributed by atoms with Gasteiger partial charge in [0.2, 0.25) is 0 Å². The van der Waals surface area contributed by atoms with Gasteiger partial charge in [-0.1, -0.05) is 17.7 Å². The third-order valence-electron chi connectivity index (χ3n) is 3.99. The van der Waals surface area contributed by atoms with Crippen LogP contribution in [0.4, 0.5) is 0 Å². The Balaban J connectivity index is 1.68. The van der Waals surface area contributed by atoms with Gasteiger partial charge in [0.25, 0.3) is 0 Å². The van der Waals surface area contributed by atoms with E-state index in [2.05, 4.69) is 0 Å². The summed E-state index contributed by atoms with van der Waals surface area (Å²) < 4.78 is 17.4. The number of aliphatic hydroxyl groups excluding tert-OH is 1. The summed E-state index contributed by atoms with van der Waals surface area (Å²) in [6, 6.07) is 5.39. The lowest BCUT2D eigenvalue weighted by Crippen LogP contribution is -2.44. The molecule has 4 nitrogen and oxygen atoms in total. The second-order valence-electron chi connectivity index (χ2n) is 5.49.